The highest BCUT2D eigenvalue weighted by Crippen LogP contribution is 2.21. The van der Waals surface area contributed by atoms with Crippen molar-refractivity contribution in [3.8, 4) is 6.01 Å². The summed E-state index contributed by atoms with van der Waals surface area (Å²) in [6.45, 7) is 4.28. The maximum Gasteiger partial charge on any atom is 0.332 e. The minimum Gasteiger partial charge on any atom is -0.462 e. The van der Waals surface area contributed by atoms with Crippen LogP contribution in [0.2, 0.25) is 0 Å². The maximum absolute atomic E-state index is 13.3. The standard InChI is InChI=1S/C19H24FN5O4/c1-12(2)29-18-22-16-15(25(18)11-13-5-7-14(20)8-6-13)17(26)24(9-4-10-28-21)19(27)23(16)3/h5-8,12H,4,9-11,21H2,1-3H3. The predicted octanol–water partition coefficient (Wildman–Crippen LogP) is 1.15. The molecular formula is C19H24FN5O4. The second-order valence-electron chi connectivity index (χ2n) is 6.97. The zero-order valence-corrected chi connectivity index (χ0v) is 16.6. The molecule has 10 heteroatoms. The van der Waals surface area contributed by atoms with Gasteiger partial charge in [0.1, 0.15) is 5.82 Å². The van der Waals surface area contributed by atoms with Crippen molar-refractivity contribution in [2.45, 2.75) is 39.5 Å². The molecule has 0 aliphatic heterocycles. The first-order valence-electron chi connectivity index (χ1n) is 9.26. The average Bonchev–Trinajstić information content (AvgIpc) is 3.02. The molecule has 29 heavy (non-hydrogen) atoms. The lowest BCUT2D eigenvalue weighted by molar-refractivity contribution is 0.131. The molecule has 2 heterocycles. The van der Waals surface area contributed by atoms with Crippen molar-refractivity contribution in [3.63, 3.8) is 0 Å². The van der Waals surface area contributed by atoms with E-state index in [-0.39, 0.29) is 48.8 Å². The van der Waals surface area contributed by atoms with Crippen LogP contribution in [0, 0.1) is 5.82 Å². The summed E-state index contributed by atoms with van der Waals surface area (Å²) in [5, 5.41) is 0. The number of fused-ring (bicyclic) bond motifs is 1. The number of nitrogens with zero attached hydrogens (tertiary/aromatic N) is 4. The SMILES string of the molecule is CC(C)Oc1nc2c(c(=O)n(CCCON)c(=O)n2C)n1Cc1ccc(F)cc1. The third kappa shape index (κ3) is 4.22. The maximum atomic E-state index is 13.3. The van der Waals surface area contributed by atoms with E-state index < -0.39 is 11.2 Å². The minimum absolute atomic E-state index is 0.154. The second kappa shape index (κ2) is 8.58. The lowest BCUT2D eigenvalue weighted by atomic mass is 10.2. The monoisotopic (exact) mass is 405 g/mol. The van der Waals surface area contributed by atoms with Gasteiger partial charge in [-0.3, -0.25) is 18.5 Å². The predicted molar refractivity (Wildman–Crippen MR) is 105 cm³/mol. The smallest absolute Gasteiger partial charge is 0.332 e. The van der Waals surface area contributed by atoms with Crippen molar-refractivity contribution >= 4 is 11.2 Å². The van der Waals surface area contributed by atoms with Crippen LogP contribution in [0.5, 0.6) is 6.01 Å². The number of halogens is 1. The molecule has 0 spiro atoms. The van der Waals surface area contributed by atoms with Gasteiger partial charge in [-0.25, -0.2) is 15.1 Å². The number of benzene rings is 1. The van der Waals surface area contributed by atoms with Crippen LogP contribution in [0.15, 0.2) is 33.9 Å². The molecule has 3 rings (SSSR count). The number of imidazole rings is 1. The summed E-state index contributed by atoms with van der Waals surface area (Å²) < 4.78 is 23.1. The third-order valence-electron chi connectivity index (χ3n) is 4.44. The highest BCUT2D eigenvalue weighted by atomic mass is 19.1. The van der Waals surface area contributed by atoms with E-state index in [0.29, 0.717) is 6.42 Å². The van der Waals surface area contributed by atoms with Crippen LogP contribution in [-0.4, -0.2) is 31.4 Å². The second-order valence-corrected chi connectivity index (χ2v) is 6.97. The molecule has 2 N–H and O–H groups in total. The van der Waals surface area contributed by atoms with Crippen molar-refractivity contribution in [2.24, 2.45) is 12.9 Å². The molecule has 0 fully saturated rings. The summed E-state index contributed by atoms with van der Waals surface area (Å²) in [5.41, 5.74) is 0.260. The molecule has 2 aromatic heterocycles. The van der Waals surface area contributed by atoms with Crippen LogP contribution >= 0.6 is 0 Å². The van der Waals surface area contributed by atoms with Crippen molar-refractivity contribution in [1.82, 2.24) is 18.7 Å². The number of rotatable bonds is 8. The van der Waals surface area contributed by atoms with Gasteiger partial charge < -0.3 is 9.57 Å². The summed E-state index contributed by atoms with van der Waals surface area (Å²) in [6, 6.07) is 6.16. The van der Waals surface area contributed by atoms with Gasteiger partial charge in [-0.1, -0.05) is 12.1 Å². The Hall–Kier alpha value is -2.98. The van der Waals surface area contributed by atoms with E-state index in [1.165, 1.54) is 16.7 Å². The van der Waals surface area contributed by atoms with Crippen molar-refractivity contribution < 1.29 is 14.0 Å². The van der Waals surface area contributed by atoms with E-state index in [1.54, 1.807) is 23.7 Å². The number of nitrogens with two attached hydrogens (primary N) is 1. The van der Waals surface area contributed by atoms with Gasteiger partial charge in [0.2, 0.25) is 0 Å². The average molecular weight is 405 g/mol. The lowest BCUT2D eigenvalue weighted by Gasteiger charge is -2.13. The zero-order valence-electron chi connectivity index (χ0n) is 16.6. The molecule has 0 aliphatic carbocycles. The van der Waals surface area contributed by atoms with Crippen LogP contribution in [0.25, 0.3) is 11.2 Å². The molecule has 0 saturated carbocycles. The number of aromatic nitrogens is 4. The Kier molecular flexibility index (Phi) is 6.14. The van der Waals surface area contributed by atoms with Crippen LogP contribution < -0.4 is 21.9 Å². The first-order valence-corrected chi connectivity index (χ1v) is 9.26. The molecule has 0 unspecified atom stereocenters. The molecule has 0 bridgehead atoms. The Bertz CT molecular complexity index is 1110. The largest absolute Gasteiger partial charge is 0.462 e. The molecular weight excluding hydrogens is 381 g/mol. The number of ether oxygens (including phenoxy) is 1. The van der Waals surface area contributed by atoms with Gasteiger partial charge in [0.15, 0.2) is 11.2 Å². The lowest BCUT2D eigenvalue weighted by Crippen LogP contribution is -2.40. The first kappa shape index (κ1) is 20.7. The van der Waals surface area contributed by atoms with Gasteiger partial charge in [-0.05, 0) is 38.0 Å². The van der Waals surface area contributed by atoms with E-state index in [1.807, 2.05) is 13.8 Å². The van der Waals surface area contributed by atoms with Crippen molar-refractivity contribution in [2.75, 3.05) is 6.61 Å². The van der Waals surface area contributed by atoms with Gasteiger partial charge in [-0.15, -0.1) is 0 Å². The normalized spacial score (nSPS) is 11.5. The summed E-state index contributed by atoms with van der Waals surface area (Å²) in [6.07, 6.45) is 0.207. The molecule has 0 amide bonds. The van der Waals surface area contributed by atoms with Gasteiger partial charge in [-0.2, -0.15) is 4.98 Å². The molecule has 0 saturated heterocycles. The Morgan fingerprint density at radius 3 is 2.48 bits per heavy atom. The van der Waals surface area contributed by atoms with Gasteiger partial charge in [0.25, 0.3) is 11.6 Å². The van der Waals surface area contributed by atoms with Crippen molar-refractivity contribution in [3.05, 3.63) is 56.5 Å². The molecule has 3 aromatic rings. The van der Waals surface area contributed by atoms with E-state index in [2.05, 4.69) is 9.82 Å². The van der Waals surface area contributed by atoms with Gasteiger partial charge in [0.05, 0.1) is 19.3 Å². The van der Waals surface area contributed by atoms with E-state index in [4.69, 9.17) is 10.6 Å². The van der Waals surface area contributed by atoms with E-state index in [0.717, 1.165) is 10.1 Å². The Morgan fingerprint density at radius 1 is 1.17 bits per heavy atom. The quantitative estimate of drug-likeness (QED) is 0.445. The number of hydrogen-bond acceptors (Lipinski definition) is 6. The van der Waals surface area contributed by atoms with Crippen LogP contribution in [-0.2, 0) is 25.0 Å². The first-order chi connectivity index (χ1) is 13.8. The fourth-order valence-corrected chi connectivity index (χ4v) is 3.07. The molecule has 1 aromatic carbocycles. The Balaban J connectivity index is 2.20. The van der Waals surface area contributed by atoms with Crippen LogP contribution in [0.4, 0.5) is 4.39 Å². The summed E-state index contributed by atoms with van der Waals surface area (Å²) in [7, 11) is 1.55. The van der Waals surface area contributed by atoms with Gasteiger partial charge in [0, 0.05) is 13.6 Å². The molecule has 0 radical (unpaired) electrons. The number of hydrogen-bond donors (Lipinski definition) is 1. The summed E-state index contributed by atoms with van der Waals surface area (Å²) >= 11 is 0. The summed E-state index contributed by atoms with van der Waals surface area (Å²) in [4.78, 5) is 34.7. The highest BCUT2D eigenvalue weighted by Gasteiger charge is 2.22. The van der Waals surface area contributed by atoms with Gasteiger partial charge >= 0.3 is 5.69 Å². The Morgan fingerprint density at radius 2 is 1.86 bits per heavy atom. The summed E-state index contributed by atoms with van der Waals surface area (Å²) in [5.74, 6) is 4.68. The zero-order chi connectivity index (χ0) is 21.1. The van der Waals surface area contributed by atoms with Crippen molar-refractivity contribution in [1.29, 1.82) is 0 Å². The van der Waals surface area contributed by atoms with Crippen LogP contribution in [0.3, 0.4) is 0 Å². The topological polar surface area (TPSA) is 106 Å². The molecule has 156 valence electrons. The Labute approximate surface area is 166 Å². The fraction of sp³-hybridized carbons (Fsp3) is 0.421. The fourth-order valence-electron chi connectivity index (χ4n) is 3.07. The van der Waals surface area contributed by atoms with Crippen LogP contribution in [0.1, 0.15) is 25.8 Å². The third-order valence-corrected chi connectivity index (χ3v) is 4.44. The van der Waals surface area contributed by atoms with E-state index in [9.17, 15) is 14.0 Å². The van der Waals surface area contributed by atoms with E-state index >= 15 is 0 Å². The number of aryl methyl sites for hydroxylation is 1. The molecule has 0 aliphatic rings. The highest BCUT2D eigenvalue weighted by molar-refractivity contribution is 5.72. The minimum atomic E-state index is -0.484. The molecule has 9 nitrogen and oxygen atoms in total. The molecule has 0 atom stereocenters.